The van der Waals surface area contributed by atoms with Crippen molar-refractivity contribution < 1.29 is 18.0 Å². The quantitative estimate of drug-likeness (QED) is 0.813. The summed E-state index contributed by atoms with van der Waals surface area (Å²) in [5.41, 5.74) is 0.938. The van der Waals surface area contributed by atoms with Crippen LogP contribution in [0.1, 0.15) is 18.5 Å². The maximum atomic E-state index is 12.4. The predicted octanol–water partition coefficient (Wildman–Crippen LogP) is 2.20. The van der Waals surface area contributed by atoms with E-state index < -0.39 is 12.7 Å². The van der Waals surface area contributed by atoms with Gasteiger partial charge in [-0.25, -0.2) is 4.68 Å². The van der Waals surface area contributed by atoms with Crippen LogP contribution in [0.25, 0.3) is 0 Å². The average molecular weight is 345 g/mol. The Morgan fingerprint density at radius 1 is 1.35 bits per heavy atom. The maximum absolute atomic E-state index is 12.4. The number of nitrogens with zero attached hydrogens (tertiary/aromatic N) is 4. The van der Waals surface area contributed by atoms with Gasteiger partial charge in [0.25, 0.3) is 0 Å². The summed E-state index contributed by atoms with van der Waals surface area (Å²) < 4.78 is 37.7. The molecule has 124 valence electrons. The molecule has 0 spiro atoms. The first-order valence-corrected chi connectivity index (χ1v) is 7.64. The molecule has 0 aliphatic carbocycles. The van der Waals surface area contributed by atoms with Gasteiger partial charge in [-0.3, -0.25) is 4.79 Å². The number of halogens is 3. The smallest absolute Gasteiger partial charge is 0.349 e. The van der Waals surface area contributed by atoms with Crippen molar-refractivity contribution in [1.82, 2.24) is 25.5 Å². The van der Waals surface area contributed by atoms with E-state index in [1.807, 2.05) is 37.3 Å². The number of carbonyl (C=O) groups excluding carboxylic acids is 1. The summed E-state index contributed by atoms with van der Waals surface area (Å²) in [6.07, 6.45) is -4.42. The van der Waals surface area contributed by atoms with Crippen molar-refractivity contribution in [2.75, 3.05) is 5.75 Å². The van der Waals surface area contributed by atoms with Crippen LogP contribution in [-0.2, 0) is 11.3 Å². The Morgan fingerprint density at radius 3 is 2.70 bits per heavy atom. The maximum Gasteiger partial charge on any atom is 0.408 e. The third-order valence-corrected chi connectivity index (χ3v) is 3.79. The molecule has 0 aliphatic heterocycles. The number of amides is 1. The van der Waals surface area contributed by atoms with Crippen molar-refractivity contribution in [3.8, 4) is 0 Å². The molecule has 23 heavy (non-hydrogen) atoms. The molecule has 1 atom stereocenters. The third kappa shape index (κ3) is 5.55. The highest BCUT2D eigenvalue weighted by atomic mass is 32.2. The Hall–Kier alpha value is -2.10. The lowest BCUT2D eigenvalue weighted by molar-refractivity contribution is -0.144. The Morgan fingerprint density at radius 2 is 2.04 bits per heavy atom. The molecule has 1 N–H and O–H groups in total. The molecule has 1 aromatic carbocycles. The van der Waals surface area contributed by atoms with Crippen molar-refractivity contribution in [3.63, 3.8) is 0 Å². The van der Waals surface area contributed by atoms with Crippen LogP contribution in [0.2, 0.25) is 0 Å². The van der Waals surface area contributed by atoms with E-state index in [4.69, 9.17) is 0 Å². The molecule has 6 nitrogen and oxygen atoms in total. The van der Waals surface area contributed by atoms with E-state index in [0.29, 0.717) is 4.68 Å². The SMILES string of the molecule is C[C@@H](NC(=O)CSc1nnnn1CC(F)(F)F)c1ccccc1. The summed E-state index contributed by atoms with van der Waals surface area (Å²) in [5, 5.41) is 12.7. The van der Waals surface area contributed by atoms with E-state index in [0.717, 1.165) is 17.3 Å². The minimum atomic E-state index is -4.42. The number of benzene rings is 1. The second-order valence-corrected chi connectivity index (χ2v) is 5.67. The molecular weight excluding hydrogens is 331 g/mol. The summed E-state index contributed by atoms with van der Waals surface area (Å²) in [5.74, 6) is -0.386. The Labute approximate surface area is 134 Å². The van der Waals surface area contributed by atoms with Crippen LogP contribution < -0.4 is 5.32 Å². The van der Waals surface area contributed by atoms with E-state index >= 15 is 0 Å². The molecule has 1 heterocycles. The average Bonchev–Trinajstić information content (AvgIpc) is 2.91. The van der Waals surface area contributed by atoms with Crippen molar-refractivity contribution in [3.05, 3.63) is 35.9 Å². The zero-order valence-electron chi connectivity index (χ0n) is 12.1. The van der Waals surface area contributed by atoms with Crippen molar-refractivity contribution in [2.24, 2.45) is 0 Å². The number of hydrogen-bond donors (Lipinski definition) is 1. The molecule has 1 aromatic heterocycles. The lowest BCUT2D eigenvalue weighted by Crippen LogP contribution is -2.28. The molecule has 0 unspecified atom stereocenters. The lowest BCUT2D eigenvalue weighted by Gasteiger charge is -2.14. The van der Waals surface area contributed by atoms with E-state index in [1.54, 1.807) is 0 Å². The van der Waals surface area contributed by atoms with Gasteiger partial charge in [0.05, 0.1) is 11.8 Å². The lowest BCUT2D eigenvalue weighted by atomic mass is 10.1. The van der Waals surface area contributed by atoms with Crippen LogP contribution in [0, 0.1) is 0 Å². The third-order valence-electron chi connectivity index (χ3n) is 2.84. The number of thioether (sulfide) groups is 1. The van der Waals surface area contributed by atoms with Gasteiger partial charge in [-0.1, -0.05) is 42.1 Å². The second-order valence-electron chi connectivity index (χ2n) is 4.72. The van der Waals surface area contributed by atoms with Gasteiger partial charge < -0.3 is 5.32 Å². The number of alkyl halides is 3. The first-order chi connectivity index (χ1) is 10.8. The Kier molecular flexibility index (Phi) is 5.59. The molecule has 1 amide bonds. The van der Waals surface area contributed by atoms with Gasteiger partial charge in [-0.15, -0.1) is 5.10 Å². The first kappa shape index (κ1) is 17.3. The minimum Gasteiger partial charge on any atom is -0.349 e. The Bertz CT molecular complexity index is 647. The van der Waals surface area contributed by atoms with Crippen LogP contribution in [0.15, 0.2) is 35.5 Å². The van der Waals surface area contributed by atoms with Gasteiger partial charge in [0.15, 0.2) is 0 Å². The fourth-order valence-corrected chi connectivity index (χ4v) is 2.50. The molecule has 2 rings (SSSR count). The van der Waals surface area contributed by atoms with E-state index in [2.05, 4.69) is 20.8 Å². The van der Waals surface area contributed by atoms with Crippen LogP contribution in [0.5, 0.6) is 0 Å². The normalized spacial score (nSPS) is 12.9. The van der Waals surface area contributed by atoms with Gasteiger partial charge in [0.1, 0.15) is 6.54 Å². The summed E-state index contributed by atoms with van der Waals surface area (Å²) in [7, 11) is 0. The van der Waals surface area contributed by atoms with Gasteiger partial charge >= 0.3 is 6.18 Å². The zero-order valence-corrected chi connectivity index (χ0v) is 12.9. The van der Waals surface area contributed by atoms with Crippen molar-refractivity contribution in [1.29, 1.82) is 0 Å². The van der Waals surface area contributed by atoms with Crippen LogP contribution >= 0.6 is 11.8 Å². The number of hydrogen-bond acceptors (Lipinski definition) is 5. The molecule has 0 saturated heterocycles. The molecule has 0 aliphatic rings. The molecule has 0 saturated carbocycles. The minimum absolute atomic E-state index is 0.0511. The van der Waals surface area contributed by atoms with E-state index in [1.165, 1.54) is 0 Å². The fraction of sp³-hybridized carbons (Fsp3) is 0.385. The summed E-state index contributed by atoms with van der Waals surface area (Å²) >= 11 is 0.854. The van der Waals surface area contributed by atoms with Crippen molar-refractivity contribution in [2.45, 2.75) is 30.8 Å². The number of carbonyl (C=O) groups is 1. The molecular formula is C13H14F3N5OS. The van der Waals surface area contributed by atoms with Crippen LogP contribution in [0.4, 0.5) is 13.2 Å². The standard InChI is InChI=1S/C13H14F3N5OS/c1-9(10-5-3-2-4-6-10)17-11(22)7-23-12-18-19-20-21(12)8-13(14,15)16/h2-6,9H,7-8H2,1H3,(H,17,22)/t9-/m1/s1. The highest BCUT2D eigenvalue weighted by molar-refractivity contribution is 7.99. The number of rotatable bonds is 6. The number of tetrazole rings is 1. The Balaban J connectivity index is 1.87. The largest absolute Gasteiger partial charge is 0.408 e. The fourth-order valence-electron chi connectivity index (χ4n) is 1.81. The van der Waals surface area contributed by atoms with Gasteiger partial charge in [-0.05, 0) is 22.9 Å². The second kappa shape index (κ2) is 7.44. The number of aromatic nitrogens is 4. The van der Waals surface area contributed by atoms with E-state index in [-0.39, 0.29) is 22.9 Å². The molecule has 10 heteroatoms. The topological polar surface area (TPSA) is 72.7 Å². The van der Waals surface area contributed by atoms with Gasteiger partial charge in [-0.2, -0.15) is 13.2 Å². The summed E-state index contributed by atoms with van der Waals surface area (Å²) in [6.45, 7) is 0.538. The van der Waals surface area contributed by atoms with Crippen molar-refractivity contribution >= 4 is 17.7 Å². The van der Waals surface area contributed by atoms with Crippen LogP contribution in [-0.4, -0.2) is 38.0 Å². The van der Waals surface area contributed by atoms with E-state index in [9.17, 15) is 18.0 Å². The molecule has 0 fully saturated rings. The monoisotopic (exact) mass is 345 g/mol. The van der Waals surface area contributed by atoms with Gasteiger partial charge in [0.2, 0.25) is 11.1 Å². The molecule has 0 radical (unpaired) electrons. The predicted molar refractivity (Wildman–Crippen MR) is 77.6 cm³/mol. The highest BCUT2D eigenvalue weighted by Gasteiger charge is 2.30. The summed E-state index contributed by atoms with van der Waals surface area (Å²) in [4.78, 5) is 11.9. The number of nitrogens with one attached hydrogen (secondary N) is 1. The van der Waals surface area contributed by atoms with Gasteiger partial charge in [0, 0.05) is 0 Å². The molecule has 2 aromatic rings. The molecule has 0 bridgehead atoms. The first-order valence-electron chi connectivity index (χ1n) is 6.65. The highest BCUT2D eigenvalue weighted by Crippen LogP contribution is 2.21. The summed E-state index contributed by atoms with van der Waals surface area (Å²) in [6, 6.07) is 9.14. The zero-order chi connectivity index (χ0) is 16.9. The van der Waals surface area contributed by atoms with Crippen LogP contribution in [0.3, 0.4) is 0 Å².